The number of carbonyl (C=O) groups is 2. The lowest BCUT2D eigenvalue weighted by molar-refractivity contribution is -0.180. The molecule has 6 heteroatoms. The third-order valence-electron chi connectivity index (χ3n) is 12.1. The average Bonchev–Trinajstić information content (AvgIpc) is 2.98. The molecule has 0 aromatic heterocycles. The Morgan fingerprint density at radius 2 is 0.958 bits per heavy atom. The van der Waals surface area contributed by atoms with Crippen molar-refractivity contribution in [1.29, 1.82) is 0 Å². The molecule has 0 saturated carbocycles. The number of aliphatic carboxylic acids is 2. The van der Waals surface area contributed by atoms with E-state index in [1.54, 1.807) is 0 Å². The Labute approximate surface area is 291 Å². The van der Waals surface area contributed by atoms with Crippen molar-refractivity contribution in [3.05, 3.63) is 71.8 Å². The second kappa shape index (κ2) is 15.0. The van der Waals surface area contributed by atoms with Crippen LogP contribution in [0.25, 0.3) is 0 Å². The molecule has 0 unspecified atom stereocenters. The zero-order valence-corrected chi connectivity index (χ0v) is 31.2. The molecule has 2 heterocycles. The molecule has 0 aliphatic carbocycles. The number of likely N-dealkylation sites (tertiary alicyclic amines) is 2. The molecule has 2 aliphatic rings. The van der Waals surface area contributed by atoms with Gasteiger partial charge in [0.05, 0.1) is 5.41 Å². The van der Waals surface area contributed by atoms with Crippen LogP contribution >= 0.6 is 0 Å². The Balaban J connectivity index is 1.67. The summed E-state index contributed by atoms with van der Waals surface area (Å²) in [7, 11) is 0. The summed E-state index contributed by atoms with van der Waals surface area (Å²) in [5.41, 5.74) is 1.01. The molecule has 2 aromatic carbocycles. The van der Waals surface area contributed by atoms with Gasteiger partial charge >= 0.3 is 11.9 Å². The first-order valence-corrected chi connectivity index (χ1v) is 18.5. The fraction of sp³-hybridized carbons (Fsp3) is 0.667. The summed E-state index contributed by atoms with van der Waals surface area (Å²) in [4.78, 5) is 30.4. The van der Waals surface area contributed by atoms with Gasteiger partial charge in [-0.2, -0.15) is 0 Å². The van der Waals surface area contributed by atoms with E-state index in [1.165, 1.54) is 11.1 Å². The van der Waals surface area contributed by atoms with Crippen LogP contribution in [-0.2, 0) is 22.7 Å². The van der Waals surface area contributed by atoms with Crippen molar-refractivity contribution in [3.8, 4) is 0 Å². The summed E-state index contributed by atoms with van der Waals surface area (Å²) >= 11 is 0. The number of hydrogen-bond donors (Lipinski definition) is 2. The summed E-state index contributed by atoms with van der Waals surface area (Å²) in [6.45, 7) is 20.3. The van der Waals surface area contributed by atoms with E-state index in [0.29, 0.717) is 12.8 Å². The Morgan fingerprint density at radius 1 is 0.604 bits per heavy atom. The number of hydrogen-bond acceptors (Lipinski definition) is 4. The molecule has 2 aliphatic heterocycles. The molecule has 266 valence electrons. The number of unbranched alkanes of at least 4 members (excludes halogenated alkanes) is 4. The van der Waals surface area contributed by atoms with Crippen molar-refractivity contribution in [3.63, 3.8) is 0 Å². The number of piperidine rings is 2. The molecule has 0 bridgehead atoms. The van der Waals surface area contributed by atoms with Gasteiger partial charge in [0.1, 0.15) is 0 Å². The van der Waals surface area contributed by atoms with Gasteiger partial charge in [-0.3, -0.25) is 19.4 Å². The van der Waals surface area contributed by atoms with Gasteiger partial charge < -0.3 is 10.2 Å². The highest BCUT2D eigenvalue weighted by Crippen LogP contribution is 2.59. The molecule has 0 radical (unpaired) electrons. The van der Waals surface area contributed by atoms with Crippen LogP contribution in [0.3, 0.4) is 0 Å². The van der Waals surface area contributed by atoms with Gasteiger partial charge in [-0.25, -0.2) is 0 Å². The van der Waals surface area contributed by atoms with E-state index in [2.05, 4.69) is 126 Å². The normalized spacial score (nSPS) is 21.6. The van der Waals surface area contributed by atoms with Crippen molar-refractivity contribution < 1.29 is 19.8 Å². The Morgan fingerprint density at radius 3 is 1.31 bits per heavy atom. The highest BCUT2D eigenvalue weighted by Gasteiger charge is 2.61. The van der Waals surface area contributed by atoms with Gasteiger partial charge in [0, 0.05) is 41.7 Å². The standard InChI is InChI=1S/C42H64N2O4/c1-38(2)26-34(27-39(3,4)43(38)30-32-20-14-12-15-21-32)42(37(47)48,25-19-11-9-10-18-24-36(45)46)35-28-40(5,6)44(41(7,8)29-35)31-33-22-16-13-17-23-33/h12-17,20-23,34-35H,9-11,18-19,24-31H2,1-8H3,(H,45,46)(H,47,48). The first-order valence-electron chi connectivity index (χ1n) is 18.5. The van der Waals surface area contributed by atoms with Crippen LogP contribution < -0.4 is 0 Å². The van der Waals surface area contributed by atoms with E-state index in [1.807, 2.05) is 0 Å². The largest absolute Gasteiger partial charge is 0.481 e. The minimum Gasteiger partial charge on any atom is -0.481 e. The second-order valence-electron chi connectivity index (χ2n) is 17.6. The van der Waals surface area contributed by atoms with E-state index in [9.17, 15) is 14.7 Å². The van der Waals surface area contributed by atoms with Crippen molar-refractivity contribution in [2.75, 3.05) is 0 Å². The number of benzene rings is 2. The lowest BCUT2D eigenvalue weighted by Crippen LogP contribution is -2.66. The van der Waals surface area contributed by atoms with Crippen molar-refractivity contribution in [2.45, 2.75) is 161 Å². The predicted molar refractivity (Wildman–Crippen MR) is 196 cm³/mol. The molecule has 2 N–H and O–H groups in total. The van der Waals surface area contributed by atoms with E-state index in [0.717, 1.165) is 64.5 Å². The minimum absolute atomic E-state index is 0.0382. The summed E-state index contributed by atoms with van der Waals surface area (Å²) in [5.74, 6) is -1.28. The molecule has 0 atom stereocenters. The Hall–Kier alpha value is -2.70. The fourth-order valence-corrected chi connectivity index (χ4v) is 10.2. The van der Waals surface area contributed by atoms with E-state index in [4.69, 9.17) is 5.11 Å². The van der Waals surface area contributed by atoms with Gasteiger partial charge in [-0.05, 0) is 117 Å². The SMILES string of the molecule is CC1(C)CC(C(CCCCCCCC(=O)O)(C(=O)O)C2CC(C)(C)N(Cc3ccccc3)C(C)(C)C2)CC(C)(C)N1Cc1ccccc1. The van der Waals surface area contributed by atoms with Gasteiger partial charge in [-0.1, -0.05) is 86.3 Å². The summed E-state index contributed by atoms with van der Waals surface area (Å²) in [6.07, 6.45) is 8.57. The van der Waals surface area contributed by atoms with Crippen molar-refractivity contribution >= 4 is 11.9 Å². The first kappa shape index (κ1) is 38.1. The van der Waals surface area contributed by atoms with E-state index >= 15 is 0 Å². The second-order valence-corrected chi connectivity index (χ2v) is 17.6. The molecular formula is C42H64N2O4. The maximum Gasteiger partial charge on any atom is 0.310 e. The summed E-state index contributed by atoms with van der Waals surface area (Å²) in [5, 5.41) is 20.7. The van der Waals surface area contributed by atoms with Gasteiger partial charge in [0.25, 0.3) is 0 Å². The average molecular weight is 661 g/mol. The van der Waals surface area contributed by atoms with Gasteiger partial charge in [-0.15, -0.1) is 0 Å². The maximum absolute atomic E-state index is 14.2. The van der Waals surface area contributed by atoms with Crippen LogP contribution in [0.15, 0.2) is 60.7 Å². The number of rotatable bonds is 15. The quantitative estimate of drug-likeness (QED) is 0.185. The molecule has 2 fully saturated rings. The van der Waals surface area contributed by atoms with Crippen LogP contribution in [0.4, 0.5) is 0 Å². The summed E-state index contributed by atoms with van der Waals surface area (Å²) < 4.78 is 0. The number of carboxylic acid groups (broad SMARTS) is 2. The van der Waals surface area contributed by atoms with Crippen molar-refractivity contribution in [2.24, 2.45) is 17.3 Å². The molecule has 0 spiro atoms. The lowest BCUT2D eigenvalue weighted by atomic mass is 9.52. The van der Waals surface area contributed by atoms with Crippen LogP contribution in [-0.4, -0.2) is 54.1 Å². The monoisotopic (exact) mass is 660 g/mol. The maximum atomic E-state index is 14.2. The Bertz CT molecular complexity index is 1230. The predicted octanol–water partition coefficient (Wildman–Crippen LogP) is 9.81. The molecule has 2 saturated heterocycles. The molecule has 4 rings (SSSR count). The van der Waals surface area contributed by atoms with Crippen molar-refractivity contribution in [1.82, 2.24) is 9.80 Å². The molecule has 6 nitrogen and oxygen atoms in total. The zero-order chi connectivity index (χ0) is 35.4. The van der Waals surface area contributed by atoms with Gasteiger partial charge in [0.15, 0.2) is 0 Å². The summed E-state index contributed by atoms with van der Waals surface area (Å²) in [6, 6.07) is 21.3. The van der Waals surface area contributed by atoms with Crippen LogP contribution in [0.1, 0.15) is 137 Å². The topological polar surface area (TPSA) is 81.1 Å². The highest BCUT2D eigenvalue weighted by molar-refractivity contribution is 5.76. The molecular weight excluding hydrogens is 596 g/mol. The highest BCUT2D eigenvalue weighted by atomic mass is 16.4. The van der Waals surface area contributed by atoms with Gasteiger partial charge in [0.2, 0.25) is 0 Å². The van der Waals surface area contributed by atoms with E-state index < -0.39 is 17.4 Å². The Kier molecular flexibility index (Phi) is 11.9. The molecule has 0 amide bonds. The number of carboxylic acids is 2. The first-order chi connectivity index (χ1) is 22.4. The minimum atomic E-state index is -0.845. The zero-order valence-electron chi connectivity index (χ0n) is 31.2. The third-order valence-corrected chi connectivity index (χ3v) is 12.1. The van der Waals surface area contributed by atoms with Crippen LogP contribution in [0, 0.1) is 17.3 Å². The van der Waals surface area contributed by atoms with Crippen LogP contribution in [0.5, 0.6) is 0 Å². The van der Waals surface area contributed by atoms with Crippen LogP contribution in [0.2, 0.25) is 0 Å². The number of nitrogens with zero attached hydrogens (tertiary/aromatic N) is 2. The molecule has 2 aromatic rings. The smallest absolute Gasteiger partial charge is 0.310 e. The van der Waals surface area contributed by atoms with E-state index in [-0.39, 0.29) is 40.4 Å². The third kappa shape index (κ3) is 8.71. The molecule has 48 heavy (non-hydrogen) atoms. The lowest BCUT2D eigenvalue weighted by Gasteiger charge is -2.63. The fourth-order valence-electron chi connectivity index (χ4n) is 10.2.